The monoisotopic (exact) mass is 418 g/mol. The van der Waals surface area contributed by atoms with E-state index in [1.165, 1.54) is 26.0 Å². The number of furan rings is 1. The number of carboxylic acid groups (broad SMARTS) is 1. The van der Waals surface area contributed by atoms with Crippen LogP contribution in [-0.4, -0.2) is 43.5 Å². The zero-order chi connectivity index (χ0) is 21.5. The second kappa shape index (κ2) is 7.21. The van der Waals surface area contributed by atoms with Crippen LogP contribution in [0.3, 0.4) is 0 Å². The van der Waals surface area contributed by atoms with Crippen LogP contribution in [0.5, 0.6) is 0 Å². The quantitative estimate of drug-likeness (QED) is 0.726. The Morgan fingerprint density at radius 2 is 1.97 bits per heavy atom. The van der Waals surface area contributed by atoms with Crippen LogP contribution in [0.25, 0.3) is 0 Å². The lowest BCUT2D eigenvalue weighted by Gasteiger charge is -2.39. The third-order valence-electron chi connectivity index (χ3n) is 4.62. The molecule has 152 valence electrons. The molecule has 3 rings (SSSR count). The summed E-state index contributed by atoms with van der Waals surface area (Å²) in [7, 11) is -4.04. The number of amides is 1. The van der Waals surface area contributed by atoms with Gasteiger partial charge in [-0.1, -0.05) is 0 Å². The molecule has 1 amide bonds. The molecule has 29 heavy (non-hydrogen) atoms. The van der Waals surface area contributed by atoms with Crippen molar-refractivity contribution in [1.29, 1.82) is 5.26 Å². The Hall–Kier alpha value is -3.39. The molecule has 0 radical (unpaired) electrons. The minimum absolute atomic E-state index is 0.0266. The number of hydrogen-bond acceptors (Lipinski definition) is 8. The van der Waals surface area contributed by atoms with Crippen LogP contribution in [0.1, 0.15) is 33.1 Å². The van der Waals surface area contributed by atoms with Gasteiger partial charge in [-0.05, 0) is 26.8 Å². The van der Waals surface area contributed by atoms with Crippen molar-refractivity contribution in [2.45, 2.75) is 25.7 Å². The minimum Gasteiger partial charge on any atom is -0.478 e. The summed E-state index contributed by atoms with van der Waals surface area (Å²) in [5.41, 5.74) is -0.00273. The normalized spacial score (nSPS) is 14.2. The molecule has 0 bridgehead atoms. The van der Waals surface area contributed by atoms with Gasteiger partial charge >= 0.3 is 5.97 Å². The predicted octanol–water partition coefficient (Wildman–Crippen LogP) is 1.11. The maximum Gasteiger partial charge on any atom is 0.338 e. The van der Waals surface area contributed by atoms with Crippen LogP contribution in [0.15, 0.2) is 21.4 Å². The van der Waals surface area contributed by atoms with Gasteiger partial charge in [0.1, 0.15) is 28.3 Å². The van der Waals surface area contributed by atoms with Crippen molar-refractivity contribution < 1.29 is 27.5 Å². The topological polar surface area (TPSA) is 154 Å². The number of hydrogen-bond donors (Lipinski definition) is 2. The Bertz CT molecular complexity index is 1160. The maximum absolute atomic E-state index is 12.4. The zero-order valence-electron chi connectivity index (χ0n) is 15.9. The summed E-state index contributed by atoms with van der Waals surface area (Å²) < 4.78 is 32.0. The van der Waals surface area contributed by atoms with Gasteiger partial charge < -0.3 is 14.4 Å². The number of nitrogens with zero attached hydrogens (tertiary/aromatic N) is 3. The van der Waals surface area contributed by atoms with Gasteiger partial charge in [-0.15, -0.1) is 0 Å². The van der Waals surface area contributed by atoms with Gasteiger partial charge in [0, 0.05) is 19.2 Å². The number of sulfonamides is 1. The van der Waals surface area contributed by atoms with Crippen LogP contribution in [0.2, 0.25) is 0 Å². The highest BCUT2D eigenvalue weighted by Gasteiger charge is 2.36. The predicted molar refractivity (Wildman–Crippen MR) is 99.9 cm³/mol. The van der Waals surface area contributed by atoms with E-state index >= 15 is 0 Å². The van der Waals surface area contributed by atoms with Gasteiger partial charge in [0.2, 0.25) is 5.91 Å². The van der Waals surface area contributed by atoms with Gasteiger partial charge in [0.05, 0.1) is 22.7 Å². The van der Waals surface area contributed by atoms with Crippen LogP contribution < -0.4 is 9.62 Å². The molecule has 2 aromatic heterocycles. The Morgan fingerprint density at radius 1 is 1.31 bits per heavy atom. The number of rotatable bonds is 5. The van der Waals surface area contributed by atoms with Crippen LogP contribution in [0.4, 0.5) is 5.82 Å². The zero-order valence-corrected chi connectivity index (χ0v) is 16.7. The largest absolute Gasteiger partial charge is 0.478 e. The molecule has 0 atom stereocenters. The average Bonchev–Trinajstić information content (AvgIpc) is 2.91. The average molecular weight is 418 g/mol. The van der Waals surface area contributed by atoms with Crippen LogP contribution in [-0.2, 0) is 14.8 Å². The van der Waals surface area contributed by atoms with Crippen molar-refractivity contribution in [3.63, 3.8) is 0 Å². The Labute approximate surface area is 166 Å². The molecule has 10 nitrogen and oxygen atoms in total. The number of aromatic carboxylic acids is 1. The molecule has 2 N–H and O–H groups in total. The first-order chi connectivity index (χ1) is 13.5. The van der Waals surface area contributed by atoms with E-state index in [0.29, 0.717) is 11.6 Å². The van der Waals surface area contributed by atoms with Gasteiger partial charge in [-0.25, -0.2) is 22.9 Å². The highest BCUT2D eigenvalue weighted by atomic mass is 32.2. The summed E-state index contributed by atoms with van der Waals surface area (Å²) in [6.45, 7) is 4.97. The third-order valence-corrected chi connectivity index (χ3v) is 6.07. The molecule has 0 aliphatic carbocycles. The number of anilines is 1. The number of carboxylic acids is 1. The molecule has 0 unspecified atom stereocenters. The maximum atomic E-state index is 12.4. The summed E-state index contributed by atoms with van der Waals surface area (Å²) in [5.74, 6) is -1.51. The summed E-state index contributed by atoms with van der Waals surface area (Å²) >= 11 is 0. The Morgan fingerprint density at radius 3 is 2.48 bits per heavy atom. The molecule has 2 aromatic rings. The fourth-order valence-corrected chi connectivity index (χ4v) is 4.44. The summed E-state index contributed by atoms with van der Waals surface area (Å²) in [6.07, 6.45) is 0. The smallest absolute Gasteiger partial charge is 0.338 e. The van der Waals surface area contributed by atoms with Crippen molar-refractivity contribution in [1.82, 2.24) is 9.71 Å². The number of aromatic nitrogens is 1. The highest BCUT2D eigenvalue weighted by molar-refractivity contribution is 7.90. The molecule has 11 heteroatoms. The summed E-state index contributed by atoms with van der Waals surface area (Å²) in [4.78, 5) is 29.4. The second-order valence-corrected chi connectivity index (χ2v) is 8.41. The molecule has 0 spiro atoms. The van der Waals surface area contributed by atoms with Gasteiger partial charge in [-0.3, -0.25) is 4.79 Å². The molecular weight excluding hydrogens is 400 g/mol. The van der Waals surface area contributed by atoms with Crippen molar-refractivity contribution in [3.8, 4) is 6.07 Å². The molecule has 3 heterocycles. The van der Waals surface area contributed by atoms with Crippen molar-refractivity contribution >= 4 is 27.7 Å². The van der Waals surface area contributed by atoms with E-state index in [0.717, 1.165) is 0 Å². The lowest BCUT2D eigenvalue weighted by molar-refractivity contribution is -0.123. The molecule has 1 fully saturated rings. The number of aryl methyl sites for hydroxylation is 3. The lowest BCUT2D eigenvalue weighted by Crippen LogP contribution is -2.54. The molecular formula is C18H18N4O6S. The van der Waals surface area contributed by atoms with E-state index in [2.05, 4.69) is 9.71 Å². The first kappa shape index (κ1) is 20.3. The number of pyridine rings is 1. The number of carbonyl (C=O) groups excluding carboxylic acids is 1. The SMILES string of the molecule is Cc1cc(S(=O)(=O)NC(=O)C2CN(c3cc(C#N)c(C(=O)O)c(C)n3)C2)c(C)o1. The van der Waals surface area contributed by atoms with E-state index in [4.69, 9.17) is 4.42 Å². The van der Waals surface area contributed by atoms with Crippen molar-refractivity contribution in [2.75, 3.05) is 18.0 Å². The van der Waals surface area contributed by atoms with Crippen molar-refractivity contribution in [3.05, 3.63) is 40.5 Å². The minimum atomic E-state index is -4.04. The lowest BCUT2D eigenvalue weighted by atomic mass is 9.99. The van der Waals surface area contributed by atoms with Crippen LogP contribution in [0, 0.1) is 38.0 Å². The van der Waals surface area contributed by atoms with E-state index < -0.39 is 27.8 Å². The second-order valence-electron chi connectivity index (χ2n) is 6.75. The molecule has 0 aromatic carbocycles. The molecule has 1 saturated heterocycles. The van der Waals surface area contributed by atoms with Gasteiger partial charge in [0.15, 0.2) is 0 Å². The van der Waals surface area contributed by atoms with Gasteiger partial charge in [-0.2, -0.15) is 5.26 Å². The first-order valence-electron chi connectivity index (χ1n) is 8.57. The summed E-state index contributed by atoms with van der Waals surface area (Å²) in [5, 5.41) is 18.4. The number of nitrogens with one attached hydrogen (secondary N) is 1. The van der Waals surface area contributed by atoms with E-state index in [-0.39, 0.29) is 40.6 Å². The first-order valence-corrected chi connectivity index (χ1v) is 10.1. The fourth-order valence-electron chi connectivity index (χ4n) is 3.15. The van der Waals surface area contributed by atoms with E-state index in [1.807, 2.05) is 6.07 Å². The van der Waals surface area contributed by atoms with Gasteiger partial charge in [0.25, 0.3) is 10.0 Å². The molecule has 1 aliphatic rings. The Balaban J connectivity index is 1.71. The molecule has 0 saturated carbocycles. The fraction of sp³-hybridized carbons (Fsp3) is 0.333. The van der Waals surface area contributed by atoms with Crippen LogP contribution >= 0.6 is 0 Å². The van der Waals surface area contributed by atoms with E-state index in [1.54, 1.807) is 11.8 Å². The number of nitriles is 1. The Kier molecular flexibility index (Phi) is 5.06. The highest BCUT2D eigenvalue weighted by Crippen LogP contribution is 2.27. The summed E-state index contributed by atoms with van der Waals surface area (Å²) in [6, 6.07) is 4.53. The van der Waals surface area contributed by atoms with E-state index in [9.17, 15) is 28.4 Å². The molecule has 1 aliphatic heterocycles. The van der Waals surface area contributed by atoms with Crippen molar-refractivity contribution in [2.24, 2.45) is 5.92 Å². The standard InChI is InChI=1S/C18H18N4O6S/c1-9-4-14(11(3)28-9)29(26,27)21-17(23)13-7-22(8-13)15-5-12(6-19)16(18(24)25)10(2)20-15/h4-5,13H,7-8H2,1-3H3,(H,21,23)(H,24,25). The number of carbonyl (C=O) groups is 2. The third kappa shape index (κ3) is 3.79.